The highest BCUT2D eigenvalue weighted by atomic mass is 32.2. The van der Waals surface area contributed by atoms with Crippen LogP contribution in [0.1, 0.15) is 33.1 Å². The van der Waals surface area contributed by atoms with Gasteiger partial charge >= 0.3 is 0 Å². The molecule has 4 nitrogen and oxygen atoms in total. The van der Waals surface area contributed by atoms with E-state index >= 15 is 0 Å². The molecule has 1 aliphatic rings. The lowest BCUT2D eigenvalue weighted by Gasteiger charge is -2.30. The maximum Gasteiger partial charge on any atom is 0.237 e. The first-order valence-corrected chi connectivity index (χ1v) is 7.92. The molecule has 1 aliphatic heterocycles. The summed E-state index contributed by atoms with van der Waals surface area (Å²) in [4.78, 5) is 12.1. The molecule has 106 valence electrons. The van der Waals surface area contributed by atoms with Crippen molar-refractivity contribution in [1.29, 1.82) is 0 Å². The van der Waals surface area contributed by atoms with Crippen LogP contribution in [-0.4, -0.2) is 49.3 Å². The lowest BCUT2D eigenvalue weighted by molar-refractivity contribution is -0.123. The summed E-state index contributed by atoms with van der Waals surface area (Å²) in [6.45, 7) is 5.88. The van der Waals surface area contributed by atoms with E-state index in [1.807, 2.05) is 11.8 Å². The first-order chi connectivity index (χ1) is 8.60. The monoisotopic (exact) mass is 274 g/mol. The lowest BCUT2D eigenvalue weighted by Crippen LogP contribution is -2.46. The van der Waals surface area contributed by atoms with Gasteiger partial charge in [0.1, 0.15) is 0 Å². The van der Waals surface area contributed by atoms with Crippen molar-refractivity contribution in [2.24, 2.45) is 0 Å². The topological polar surface area (TPSA) is 50.4 Å². The van der Waals surface area contributed by atoms with Gasteiger partial charge in [0.25, 0.3) is 0 Å². The van der Waals surface area contributed by atoms with E-state index in [9.17, 15) is 4.79 Å². The zero-order valence-electron chi connectivity index (χ0n) is 11.9. The maximum atomic E-state index is 12.1. The Morgan fingerprint density at radius 3 is 2.61 bits per heavy atom. The minimum Gasteiger partial charge on any atom is -0.380 e. The molecule has 18 heavy (non-hydrogen) atoms. The van der Waals surface area contributed by atoms with Crippen LogP contribution in [0.15, 0.2) is 0 Å². The van der Waals surface area contributed by atoms with Crippen molar-refractivity contribution in [3.05, 3.63) is 0 Å². The van der Waals surface area contributed by atoms with Crippen LogP contribution in [0.2, 0.25) is 0 Å². The number of amides is 1. The summed E-state index contributed by atoms with van der Waals surface area (Å²) < 4.78 is 5.43. The molecule has 0 saturated carbocycles. The Balaban J connectivity index is 2.41. The van der Waals surface area contributed by atoms with E-state index in [-0.39, 0.29) is 22.8 Å². The second-order valence-electron chi connectivity index (χ2n) is 4.87. The third kappa shape index (κ3) is 3.87. The van der Waals surface area contributed by atoms with Gasteiger partial charge in [-0.05, 0) is 25.5 Å². The van der Waals surface area contributed by atoms with Crippen LogP contribution < -0.4 is 10.6 Å². The van der Waals surface area contributed by atoms with Crippen LogP contribution in [-0.2, 0) is 9.53 Å². The molecule has 2 N–H and O–H groups in total. The summed E-state index contributed by atoms with van der Waals surface area (Å²) >= 11 is 1.85. The normalized spacial score (nSPS) is 24.2. The molecule has 5 heteroatoms. The van der Waals surface area contributed by atoms with Gasteiger partial charge in [-0.1, -0.05) is 13.8 Å². The largest absolute Gasteiger partial charge is 0.380 e. The molecule has 0 aliphatic carbocycles. The zero-order chi connectivity index (χ0) is 13.6. The molecule has 0 radical (unpaired) electrons. The summed E-state index contributed by atoms with van der Waals surface area (Å²) in [5, 5.41) is 6.29. The number of ether oxygens (including phenoxy) is 1. The number of hydrogen-bond acceptors (Lipinski definition) is 4. The summed E-state index contributed by atoms with van der Waals surface area (Å²) in [6, 6.07) is -0.0942. The molecular formula is C13H26N2O2S. The van der Waals surface area contributed by atoms with E-state index in [2.05, 4.69) is 30.7 Å². The van der Waals surface area contributed by atoms with Crippen LogP contribution in [0.3, 0.4) is 0 Å². The molecule has 1 heterocycles. The third-order valence-electron chi connectivity index (χ3n) is 4.05. The Hall–Kier alpha value is -0.260. The standard InChI is InChI=1S/C13H26N2O2S/c1-5-13(6-2,18-4)9-15-12(16)11-7-10(17-3)8-14-11/h10-11,14H,5-9H2,1-4H3,(H,15,16). The van der Waals surface area contributed by atoms with Gasteiger partial charge in [0, 0.05) is 24.9 Å². The molecule has 1 fully saturated rings. The first kappa shape index (κ1) is 15.8. The van der Waals surface area contributed by atoms with Crippen LogP contribution in [0.5, 0.6) is 0 Å². The summed E-state index contributed by atoms with van der Waals surface area (Å²) in [5.74, 6) is 0.106. The van der Waals surface area contributed by atoms with Crippen molar-refractivity contribution in [2.75, 3.05) is 26.5 Å². The molecule has 2 atom stereocenters. The van der Waals surface area contributed by atoms with Crippen molar-refractivity contribution in [1.82, 2.24) is 10.6 Å². The highest BCUT2D eigenvalue weighted by Crippen LogP contribution is 2.29. The molecule has 1 amide bonds. The molecule has 0 aromatic carbocycles. The highest BCUT2D eigenvalue weighted by molar-refractivity contribution is 8.00. The quantitative estimate of drug-likeness (QED) is 0.737. The molecule has 0 aromatic heterocycles. The van der Waals surface area contributed by atoms with Gasteiger partial charge in [-0.15, -0.1) is 0 Å². The van der Waals surface area contributed by atoms with Crippen LogP contribution in [0, 0.1) is 0 Å². The predicted molar refractivity (Wildman–Crippen MR) is 77.0 cm³/mol. The van der Waals surface area contributed by atoms with Crippen molar-refractivity contribution in [3.63, 3.8) is 0 Å². The molecule has 0 spiro atoms. The maximum absolute atomic E-state index is 12.1. The molecule has 0 bridgehead atoms. The fourth-order valence-corrected chi connectivity index (χ4v) is 3.11. The van der Waals surface area contributed by atoms with E-state index in [1.54, 1.807) is 7.11 Å². The Bertz CT molecular complexity index is 261. The number of hydrogen-bond donors (Lipinski definition) is 2. The number of methoxy groups -OCH3 is 1. The van der Waals surface area contributed by atoms with E-state index in [1.165, 1.54) is 0 Å². The summed E-state index contributed by atoms with van der Waals surface area (Å²) in [6.07, 6.45) is 5.21. The predicted octanol–water partition coefficient (Wildman–Crippen LogP) is 1.40. The number of nitrogens with one attached hydrogen (secondary N) is 2. The van der Waals surface area contributed by atoms with Gasteiger partial charge < -0.3 is 15.4 Å². The number of rotatable bonds is 7. The molecule has 2 unspecified atom stereocenters. The minimum atomic E-state index is -0.0942. The SMILES string of the molecule is CCC(CC)(CNC(=O)C1CC(OC)CN1)SC. The fraction of sp³-hybridized carbons (Fsp3) is 0.923. The molecule has 0 aromatic rings. The summed E-state index contributed by atoms with van der Waals surface area (Å²) in [5.41, 5.74) is 0. The van der Waals surface area contributed by atoms with Gasteiger partial charge in [-0.2, -0.15) is 11.8 Å². The van der Waals surface area contributed by atoms with Gasteiger partial charge in [0.15, 0.2) is 0 Å². The van der Waals surface area contributed by atoms with E-state index < -0.39 is 0 Å². The smallest absolute Gasteiger partial charge is 0.237 e. The number of thioether (sulfide) groups is 1. The van der Waals surface area contributed by atoms with Gasteiger partial charge in [0.2, 0.25) is 5.91 Å². The molecular weight excluding hydrogens is 248 g/mol. The van der Waals surface area contributed by atoms with E-state index in [0.29, 0.717) is 0 Å². The second kappa shape index (κ2) is 7.36. The van der Waals surface area contributed by atoms with Crippen molar-refractivity contribution in [3.8, 4) is 0 Å². The number of carbonyl (C=O) groups excluding carboxylic acids is 1. The zero-order valence-corrected chi connectivity index (χ0v) is 12.7. The van der Waals surface area contributed by atoms with E-state index in [0.717, 1.165) is 32.4 Å². The van der Waals surface area contributed by atoms with Crippen molar-refractivity contribution >= 4 is 17.7 Å². The first-order valence-electron chi connectivity index (χ1n) is 6.69. The van der Waals surface area contributed by atoms with Gasteiger partial charge in [0.05, 0.1) is 12.1 Å². The van der Waals surface area contributed by atoms with Crippen molar-refractivity contribution < 1.29 is 9.53 Å². The Morgan fingerprint density at radius 1 is 1.50 bits per heavy atom. The van der Waals surface area contributed by atoms with Gasteiger partial charge in [-0.3, -0.25) is 4.79 Å². The average Bonchev–Trinajstić information content (AvgIpc) is 2.89. The van der Waals surface area contributed by atoms with E-state index in [4.69, 9.17) is 4.74 Å². The Kier molecular flexibility index (Phi) is 6.46. The summed E-state index contributed by atoms with van der Waals surface area (Å²) in [7, 11) is 1.69. The third-order valence-corrected chi connectivity index (χ3v) is 5.63. The Morgan fingerprint density at radius 2 is 2.17 bits per heavy atom. The second-order valence-corrected chi connectivity index (χ2v) is 6.14. The fourth-order valence-electron chi connectivity index (χ4n) is 2.31. The van der Waals surface area contributed by atoms with Crippen molar-refractivity contribution in [2.45, 2.75) is 50.0 Å². The molecule has 1 rings (SSSR count). The van der Waals surface area contributed by atoms with Gasteiger partial charge in [-0.25, -0.2) is 0 Å². The minimum absolute atomic E-state index is 0.0942. The van der Waals surface area contributed by atoms with Crippen LogP contribution in [0.4, 0.5) is 0 Å². The number of carbonyl (C=O) groups is 1. The lowest BCUT2D eigenvalue weighted by atomic mass is 10.0. The highest BCUT2D eigenvalue weighted by Gasteiger charge is 2.31. The average molecular weight is 274 g/mol. The molecule has 1 saturated heterocycles. The van der Waals surface area contributed by atoms with Crippen LogP contribution in [0.25, 0.3) is 0 Å². The Labute approximate surface area is 115 Å². The van der Waals surface area contributed by atoms with Crippen LogP contribution >= 0.6 is 11.8 Å².